The summed E-state index contributed by atoms with van der Waals surface area (Å²) in [7, 11) is 1.30. The van der Waals surface area contributed by atoms with Gasteiger partial charge in [-0.2, -0.15) is 5.26 Å². The second kappa shape index (κ2) is 11.5. The molecule has 0 atom stereocenters. The molecule has 1 fully saturated rings. The van der Waals surface area contributed by atoms with E-state index in [9.17, 15) is 14.9 Å². The van der Waals surface area contributed by atoms with Gasteiger partial charge in [0, 0.05) is 31.9 Å². The van der Waals surface area contributed by atoms with Gasteiger partial charge in [-0.05, 0) is 81.1 Å². The average Bonchev–Trinajstić information content (AvgIpc) is 2.82. The highest BCUT2D eigenvalue weighted by Gasteiger charge is 2.24. The molecule has 166 valence electrons. The molecule has 0 aliphatic carbocycles. The third-order valence-electron chi connectivity index (χ3n) is 4.93. The molecule has 2 aromatic carbocycles. The van der Waals surface area contributed by atoms with Crippen LogP contribution in [0.5, 0.6) is 5.75 Å². The van der Waals surface area contributed by atoms with Gasteiger partial charge >= 0.3 is 5.97 Å². The van der Waals surface area contributed by atoms with Crippen molar-refractivity contribution in [1.82, 2.24) is 4.90 Å². The Morgan fingerprint density at radius 2 is 1.72 bits per heavy atom. The van der Waals surface area contributed by atoms with Crippen LogP contribution in [0.1, 0.15) is 5.56 Å². The van der Waals surface area contributed by atoms with Gasteiger partial charge < -0.3 is 19.3 Å². The lowest BCUT2D eigenvalue weighted by molar-refractivity contribution is -0.143. The lowest BCUT2D eigenvalue weighted by atomic mass is 10.1. The zero-order valence-electron chi connectivity index (χ0n) is 17.4. The zero-order valence-corrected chi connectivity index (χ0v) is 21.7. The van der Waals surface area contributed by atoms with Gasteiger partial charge in [0.1, 0.15) is 17.4 Å². The molecule has 3 rings (SSSR count). The molecule has 1 aliphatic rings. The first-order chi connectivity index (χ1) is 15.4. The number of ether oxygens (including phenoxy) is 2. The molecule has 0 radical (unpaired) electrons. The van der Waals surface area contributed by atoms with Crippen LogP contribution in [0, 0.1) is 18.5 Å². The van der Waals surface area contributed by atoms with Gasteiger partial charge in [-0.1, -0.05) is 18.2 Å². The van der Waals surface area contributed by atoms with Crippen molar-refractivity contribution in [2.75, 3.05) is 44.8 Å². The SMILES string of the molecule is COC(=O)COc1c(I)cc(/C=C(/C#N)C(=O)N2CCN(c3ccccc3)CC2)cc1I. The quantitative estimate of drug-likeness (QED) is 0.204. The number of carbonyl (C=O) groups is 2. The maximum atomic E-state index is 13.0. The summed E-state index contributed by atoms with van der Waals surface area (Å²) >= 11 is 4.21. The summed E-state index contributed by atoms with van der Waals surface area (Å²) in [6, 6.07) is 15.8. The summed E-state index contributed by atoms with van der Waals surface area (Å²) in [5.41, 5.74) is 1.94. The van der Waals surface area contributed by atoms with E-state index in [1.807, 2.05) is 30.3 Å². The van der Waals surface area contributed by atoms with Crippen LogP contribution in [0.2, 0.25) is 0 Å². The fraction of sp³-hybridized carbons (Fsp3) is 0.261. The van der Waals surface area contributed by atoms with Crippen molar-refractivity contribution in [3.05, 3.63) is 60.7 Å². The molecule has 0 bridgehead atoms. The average molecular weight is 657 g/mol. The van der Waals surface area contributed by atoms with Crippen molar-refractivity contribution >= 4 is 68.8 Å². The lowest BCUT2D eigenvalue weighted by Gasteiger charge is -2.36. The Balaban J connectivity index is 1.70. The first kappa shape index (κ1) is 24.3. The number of hydrogen-bond acceptors (Lipinski definition) is 6. The van der Waals surface area contributed by atoms with E-state index < -0.39 is 5.97 Å². The van der Waals surface area contributed by atoms with Crippen LogP contribution >= 0.6 is 45.2 Å². The number of piperazine rings is 1. The van der Waals surface area contributed by atoms with E-state index in [1.165, 1.54) is 7.11 Å². The number of para-hydroxylation sites is 1. The van der Waals surface area contributed by atoms with Crippen molar-refractivity contribution in [1.29, 1.82) is 5.26 Å². The summed E-state index contributed by atoms with van der Waals surface area (Å²) in [5, 5.41) is 9.63. The second-order valence-corrected chi connectivity index (χ2v) is 9.29. The highest BCUT2D eigenvalue weighted by atomic mass is 127. The number of halogens is 2. The van der Waals surface area contributed by atoms with E-state index in [1.54, 1.807) is 11.0 Å². The molecule has 7 nitrogen and oxygen atoms in total. The minimum absolute atomic E-state index is 0.0907. The standard InChI is InChI=1S/C23H21I2N3O4/c1-31-21(29)15-32-22-19(24)12-16(13-20(22)25)11-17(14-26)23(30)28-9-7-27(8-10-28)18-5-3-2-4-6-18/h2-6,11-13H,7-10,15H2,1H3/b17-11-. The fourth-order valence-electron chi connectivity index (χ4n) is 3.28. The van der Waals surface area contributed by atoms with Crippen LogP contribution in [-0.2, 0) is 14.3 Å². The topological polar surface area (TPSA) is 82.9 Å². The Morgan fingerprint density at radius 3 is 2.28 bits per heavy atom. The Kier molecular flexibility index (Phi) is 8.75. The van der Waals surface area contributed by atoms with Gasteiger partial charge in [0.15, 0.2) is 6.61 Å². The van der Waals surface area contributed by atoms with E-state index >= 15 is 0 Å². The third-order valence-corrected chi connectivity index (χ3v) is 6.54. The number of benzene rings is 2. The van der Waals surface area contributed by atoms with E-state index in [-0.39, 0.29) is 18.1 Å². The van der Waals surface area contributed by atoms with Gasteiger partial charge in [-0.3, -0.25) is 4.79 Å². The van der Waals surface area contributed by atoms with Crippen molar-refractivity contribution < 1.29 is 19.1 Å². The number of nitrogens with zero attached hydrogens (tertiary/aromatic N) is 3. The molecule has 0 aromatic heterocycles. The van der Waals surface area contributed by atoms with Gasteiger partial charge in [0.2, 0.25) is 0 Å². The number of methoxy groups -OCH3 is 1. The minimum atomic E-state index is -0.467. The van der Waals surface area contributed by atoms with Gasteiger partial charge in [0.05, 0.1) is 14.3 Å². The predicted octanol–water partition coefficient (Wildman–Crippen LogP) is 3.70. The van der Waals surface area contributed by atoms with Crippen LogP contribution in [0.25, 0.3) is 6.08 Å². The smallest absolute Gasteiger partial charge is 0.343 e. The first-order valence-corrected chi connectivity index (χ1v) is 12.0. The van der Waals surface area contributed by atoms with Crippen LogP contribution in [0.3, 0.4) is 0 Å². The fourth-order valence-corrected chi connectivity index (χ4v) is 5.40. The number of hydrogen-bond donors (Lipinski definition) is 0. The van der Waals surface area contributed by atoms with Crippen molar-refractivity contribution in [3.63, 3.8) is 0 Å². The van der Waals surface area contributed by atoms with Gasteiger partial charge in [-0.15, -0.1) is 0 Å². The maximum absolute atomic E-state index is 13.0. The number of anilines is 1. The normalized spacial score (nSPS) is 14.0. The molecule has 1 aliphatic heterocycles. The molecule has 9 heteroatoms. The monoisotopic (exact) mass is 657 g/mol. The Morgan fingerprint density at radius 1 is 1.09 bits per heavy atom. The first-order valence-electron chi connectivity index (χ1n) is 9.82. The molecule has 0 saturated carbocycles. The number of amides is 1. The Labute approximate surface area is 214 Å². The summed E-state index contributed by atoms with van der Waals surface area (Å²) in [6.45, 7) is 2.37. The number of nitriles is 1. The van der Waals surface area contributed by atoms with E-state index in [2.05, 4.69) is 73.0 Å². The molecular formula is C23H21I2N3O4. The number of esters is 1. The molecule has 0 spiro atoms. The molecule has 1 saturated heterocycles. The van der Waals surface area contributed by atoms with Gasteiger partial charge in [-0.25, -0.2) is 4.79 Å². The summed E-state index contributed by atoms with van der Waals surface area (Å²) < 4.78 is 11.7. The second-order valence-electron chi connectivity index (χ2n) is 6.96. The third kappa shape index (κ3) is 6.13. The summed E-state index contributed by atoms with van der Waals surface area (Å²) in [6.07, 6.45) is 1.60. The zero-order chi connectivity index (χ0) is 23.1. The molecule has 32 heavy (non-hydrogen) atoms. The van der Waals surface area contributed by atoms with Gasteiger partial charge in [0.25, 0.3) is 5.91 Å². The van der Waals surface area contributed by atoms with E-state index in [0.29, 0.717) is 18.8 Å². The highest BCUT2D eigenvalue weighted by molar-refractivity contribution is 14.1. The molecular weight excluding hydrogens is 636 g/mol. The number of carbonyl (C=O) groups excluding carboxylic acids is 2. The lowest BCUT2D eigenvalue weighted by Crippen LogP contribution is -2.49. The van der Waals surface area contributed by atoms with Crippen LogP contribution in [0.15, 0.2) is 48.0 Å². The molecule has 1 amide bonds. The van der Waals surface area contributed by atoms with Crippen LogP contribution in [0.4, 0.5) is 5.69 Å². The largest absolute Gasteiger partial charge is 0.480 e. The van der Waals surface area contributed by atoms with Crippen molar-refractivity contribution in [2.24, 2.45) is 0 Å². The number of rotatable bonds is 6. The summed E-state index contributed by atoms with van der Waals surface area (Å²) in [5.74, 6) is -0.169. The van der Waals surface area contributed by atoms with Crippen molar-refractivity contribution in [3.8, 4) is 11.8 Å². The summed E-state index contributed by atoms with van der Waals surface area (Å²) in [4.78, 5) is 28.3. The van der Waals surface area contributed by atoms with Crippen LogP contribution in [-0.4, -0.2) is 56.7 Å². The van der Waals surface area contributed by atoms with E-state index in [4.69, 9.17) is 4.74 Å². The maximum Gasteiger partial charge on any atom is 0.343 e. The molecule has 0 unspecified atom stereocenters. The van der Waals surface area contributed by atoms with Crippen LogP contribution < -0.4 is 9.64 Å². The Hall–Kier alpha value is -2.33. The van der Waals surface area contributed by atoms with Crippen molar-refractivity contribution in [2.45, 2.75) is 0 Å². The molecule has 1 heterocycles. The molecule has 0 N–H and O–H groups in total. The predicted molar refractivity (Wildman–Crippen MR) is 138 cm³/mol. The Bertz CT molecular complexity index is 1040. The molecule has 2 aromatic rings. The highest BCUT2D eigenvalue weighted by Crippen LogP contribution is 2.30. The minimum Gasteiger partial charge on any atom is -0.480 e. The van der Waals surface area contributed by atoms with E-state index in [0.717, 1.165) is 31.5 Å².